The van der Waals surface area contributed by atoms with Crippen LogP contribution in [0.3, 0.4) is 0 Å². The van der Waals surface area contributed by atoms with Gasteiger partial charge < -0.3 is 9.47 Å². The number of benzene rings is 1. The van der Waals surface area contributed by atoms with Crippen LogP contribution >= 0.6 is 22.9 Å². The summed E-state index contributed by atoms with van der Waals surface area (Å²) in [5, 5.41) is 2.66. The van der Waals surface area contributed by atoms with Crippen LogP contribution in [0.1, 0.15) is 13.8 Å². The lowest BCUT2D eigenvalue weighted by molar-refractivity contribution is 0.292. The van der Waals surface area contributed by atoms with Gasteiger partial charge >= 0.3 is 0 Å². The molecular weight excluding hydrogens is 430 g/mol. The monoisotopic (exact) mass is 451 g/mol. The summed E-state index contributed by atoms with van der Waals surface area (Å²) in [6.45, 7) is 8.23. The van der Waals surface area contributed by atoms with Crippen LogP contribution in [0.2, 0.25) is 5.15 Å². The first kappa shape index (κ1) is 20.2. The first-order valence-electron chi connectivity index (χ1n) is 9.38. The van der Waals surface area contributed by atoms with Gasteiger partial charge in [0.1, 0.15) is 0 Å². The fourth-order valence-corrected chi connectivity index (χ4v) is 5.94. The maximum absolute atomic E-state index is 12.9. The molecule has 0 aliphatic carbocycles. The van der Waals surface area contributed by atoms with E-state index in [1.807, 2.05) is 24.4 Å². The lowest BCUT2D eigenvalue weighted by Gasteiger charge is -2.18. The quantitative estimate of drug-likeness (QED) is 0.437. The molecule has 29 heavy (non-hydrogen) atoms. The molecule has 0 saturated carbocycles. The highest BCUT2D eigenvalue weighted by Gasteiger charge is 2.25. The normalized spacial score (nSPS) is 12.4. The summed E-state index contributed by atoms with van der Waals surface area (Å²) in [4.78, 5) is 7.01. The number of anilines is 1. The van der Waals surface area contributed by atoms with Crippen molar-refractivity contribution in [3.63, 3.8) is 0 Å². The second-order valence-electron chi connectivity index (χ2n) is 6.68. The predicted molar refractivity (Wildman–Crippen MR) is 119 cm³/mol. The van der Waals surface area contributed by atoms with Gasteiger partial charge in [0.2, 0.25) is 0 Å². The number of hydrogen-bond acceptors (Lipinski definition) is 5. The van der Waals surface area contributed by atoms with E-state index in [1.54, 1.807) is 17.6 Å². The van der Waals surface area contributed by atoms with Crippen LogP contribution in [0.5, 0.6) is 0 Å². The summed E-state index contributed by atoms with van der Waals surface area (Å²) in [5.41, 5.74) is 1.56. The van der Waals surface area contributed by atoms with E-state index in [0.29, 0.717) is 10.6 Å². The van der Waals surface area contributed by atoms with Crippen LogP contribution in [0.4, 0.5) is 5.69 Å². The van der Waals surface area contributed by atoms with Gasteiger partial charge in [0.05, 0.1) is 0 Å². The van der Waals surface area contributed by atoms with Crippen molar-refractivity contribution in [2.75, 3.05) is 24.4 Å². The molecule has 1 aromatic carbocycles. The molecule has 0 unspecified atom stereocenters. The third-order valence-electron chi connectivity index (χ3n) is 5.01. The fraction of sp³-hybridized carbons (Fsp3) is 0.316. The Labute approximate surface area is 178 Å². The van der Waals surface area contributed by atoms with Gasteiger partial charge in [-0.05, 0) is 37.4 Å². The smallest absolute Gasteiger partial charge is 0.281 e. The maximum Gasteiger partial charge on any atom is 0.281 e. The number of nitrogens with zero attached hydrogens (tertiary/aromatic N) is 4. The van der Waals surface area contributed by atoms with Crippen LogP contribution in [0.15, 0.2) is 47.1 Å². The van der Waals surface area contributed by atoms with Crippen molar-refractivity contribution in [3.8, 4) is 0 Å². The summed E-state index contributed by atoms with van der Waals surface area (Å²) in [6, 6.07) is 7.54. The number of nitrogens with one attached hydrogen (secondary N) is 1. The summed E-state index contributed by atoms with van der Waals surface area (Å²) >= 11 is 7.42. The summed E-state index contributed by atoms with van der Waals surface area (Å²) in [5.74, 6) is 0. The van der Waals surface area contributed by atoms with Gasteiger partial charge in [-0.2, -0.15) is 8.42 Å². The number of imidazole rings is 1. The molecule has 4 rings (SSSR count). The highest BCUT2D eigenvalue weighted by Crippen LogP contribution is 2.28. The van der Waals surface area contributed by atoms with E-state index in [9.17, 15) is 8.42 Å². The van der Waals surface area contributed by atoms with Gasteiger partial charge in [-0.1, -0.05) is 25.4 Å². The number of fused-ring (bicyclic) bond motifs is 2. The lowest BCUT2D eigenvalue weighted by Crippen LogP contribution is -2.26. The Kier molecular flexibility index (Phi) is 5.56. The molecule has 0 amide bonds. The van der Waals surface area contributed by atoms with E-state index in [-0.39, 0.29) is 10.2 Å². The van der Waals surface area contributed by atoms with Crippen LogP contribution in [-0.2, 0) is 16.6 Å². The van der Waals surface area contributed by atoms with Crippen LogP contribution < -0.4 is 4.72 Å². The Hall–Kier alpha value is -2.07. The SMILES string of the molecule is CCN(CC)CCn1ccc2cc(NS(=O)(=O)c3c(Cl)nc4sccn34)ccc21. The van der Waals surface area contributed by atoms with Crippen molar-refractivity contribution in [2.45, 2.75) is 25.4 Å². The van der Waals surface area contributed by atoms with Gasteiger partial charge in [-0.25, -0.2) is 4.98 Å². The predicted octanol–water partition coefficient (Wildman–Crippen LogP) is 4.15. The summed E-state index contributed by atoms with van der Waals surface area (Å²) in [6.07, 6.45) is 3.68. The maximum atomic E-state index is 12.9. The topological polar surface area (TPSA) is 71.6 Å². The van der Waals surface area contributed by atoms with Crippen molar-refractivity contribution >= 4 is 54.5 Å². The Balaban J connectivity index is 1.59. The van der Waals surface area contributed by atoms with E-state index >= 15 is 0 Å². The molecule has 0 spiro atoms. The standard InChI is InChI=1S/C19H22ClN5O2S2/c1-3-23(4-2)9-10-24-8-7-14-13-15(5-6-16(14)24)22-29(26,27)18-17(20)21-19-25(18)11-12-28-19/h5-8,11-13,22H,3-4,9-10H2,1-2H3. The zero-order chi connectivity index (χ0) is 20.6. The van der Waals surface area contributed by atoms with Gasteiger partial charge in [-0.3, -0.25) is 9.12 Å². The third-order valence-corrected chi connectivity index (χ3v) is 7.54. The Morgan fingerprint density at radius 2 is 2.00 bits per heavy atom. The van der Waals surface area contributed by atoms with Crippen molar-refractivity contribution in [1.29, 1.82) is 0 Å². The molecule has 0 aliphatic heterocycles. The molecule has 3 aromatic heterocycles. The van der Waals surface area contributed by atoms with Crippen molar-refractivity contribution < 1.29 is 8.42 Å². The van der Waals surface area contributed by atoms with Gasteiger partial charge in [0, 0.05) is 47.5 Å². The number of aromatic nitrogens is 3. The zero-order valence-electron chi connectivity index (χ0n) is 16.2. The van der Waals surface area contributed by atoms with E-state index < -0.39 is 10.0 Å². The Morgan fingerprint density at radius 3 is 2.76 bits per heavy atom. The molecule has 0 radical (unpaired) electrons. The molecule has 0 bridgehead atoms. The zero-order valence-corrected chi connectivity index (χ0v) is 18.6. The molecule has 4 aromatic rings. The Morgan fingerprint density at radius 1 is 1.21 bits per heavy atom. The number of sulfonamides is 1. The molecule has 0 atom stereocenters. The fourth-order valence-electron chi connectivity index (χ4n) is 3.43. The first-order valence-corrected chi connectivity index (χ1v) is 12.1. The molecule has 10 heteroatoms. The lowest BCUT2D eigenvalue weighted by atomic mass is 10.2. The van der Waals surface area contributed by atoms with Crippen molar-refractivity contribution in [1.82, 2.24) is 18.9 Å². The largest absolute Gasteiger partial charge is 0.346 e. The number of likely N-dealkylation sites (N-methyl/N-ethyl adjacent to an activating group) is 1. The minimum atomic E-state index is -3.88. The molecular formula is C19H22ClN5O2S2. The average Bonchev–Trinajstić information content (AvgIpc) is 3.36. The second kappa shape index (κ2) is 7.98. The third kappa shape index (κ3) is 3.87. The molecule has 0 saturated heterocycles. The van der Waals surface area contributed by atoms with Crippen LogP contribution in [0.25, 0.3) is 15.9 Å². The highest BCUT2D eigenvalue weighted by molar-refractivity contribution is 7.92. The molecule has 154 valence electrons. The Bertz CT molecular complexity index is 1250. The number of halogens is 1. The molecule has 7 nitrogen and oxygen atoms in total. The first-order chi connectivity index (χ1) is 13.9. The number of rotatable bonds is 8. The van der Waals surface area contributed by atoms with Crippen molar-refractivity contribution in [3.05, 3.63) is 47.2 Å². The average molecular weight is 452 g/mol. The second-order valence-corrected chi connectivity index (χ2v) is 9.51. The molecule has 0 aliphatic rings. The summed E-state index contributed by atoms with van der Waals surface area (Å²) < 4.78 is 32.1. The van der Waals surface area contributed by atoms with E-state index in [2.05, 4.69) is 33.0 Å². The van der Waals surface area contributed by atoms with Crippen LogP contribution in [0, 0.1) is 0 Å². The van der Waals surface area contributed by atoms with E-state index in [4.69, 9.17) is 11.6 Å². The highest BCUT2D eigenvalue weighted by atomic mass is 35.5. The minimum Gasteiger partial charge on any atom is -0.346 e. The molecule has 0 fully saturated rings. The number of thiazole rings is 1. The van der Waals surface area contributed by atoms with Gasteiger partial charge in [0.25, 0.3) is 10.0 Å². The van der Waals surface area contributed by atoms with Crippen LogP contribution in [-0.4, -0.2) is 46.9 Å². The number of hydrogen-bond donors (Lipinski definition) is 1. The van der Waals surface area contributed by atoms with E-state index in [0.717, 1.165) is 37.1 Å². The van der Waals surface area contributed by atoms with Gasteiger partial charge in [-0.15, -0.1) is 11.3 Å². The van der Waals surface area contributed by atoms with Gasteiger partial charge in [0.15, 0.2) is 15.1 Å². The van der Waals surface area contributed by atoms with E-state index in [1.165, 1.54) is 15.7 Å². The molecule has 1 N–H and O–H groups in total. The summed E-state index contributed by atoms with van der Waals surface area (Å²) in [7, 11) is -3.88. The molecule has 3 heterocycles. The van der Waals surface area contributed by atoms with Crippen molar-refractivity contribution in [2.24, 2.45) is 0 Å². The minimum absolute atomic E-state index is 0.0343.